The molecule has 16 heavy (non-hydrogen) atoms. The van der Waals surface area contributed by atoms with E-state index in [9.17, 15) is 0 Å². The molecule has 2 aliphatic carbocycles. The molecule has 3 rings (SSSR count). The Morgan fingerprint density at radius 2 is 2.25 bits per heavy atom. The Bertz CT molecular complexity index is 380. The molecule has 4 heteroatoms. The van der Waals surface area contributed by atoms with Crippen molar-refractivity contribution < 1.29 is 4.74 Å². The van der Waals surface area contributed by atoms with Crippen molar-refractivity contribution in [1.82, 2.24) is 10.3 Å². The lowest BCUT2D eigenvalue weighted by atomic mass is 9.74. The van der Waals surface area contributed by atoms with Gasteiger partial charge < -0.3 is 10.1 Å². The van der Waals surface area contributed by atoms with E-state index in [4.69, 9.17) is 4.74 Å². The Hall–Kier alpha value is -0.450. The second-order valence-electron chi connectivity index (χ2n) is 5.06. The van der Waals surface area contributed by atoms with Crippen LogP contribution in [0.4, 0.5) is 0 Å². The zero-order chi connectivity index (χ0) is 11.2. The van der Waals surface area contributed by atoms with Crippen LogP contribution in [0.2, 0.25) is 0 Å². The van der Waals surface area contributed by atoms with Crippen LogP contribution in [0.5, 0.6) is 0 Å². The van der Waals surface area contributed by atoms with Gasteiger partial charge >= 0.3 is 0 Å². The van der Waals surface area contributed by atoms with Gasteiger partial charge in [0, 0.05) is 24.2 Å². The molecule has 0 amide bonds. The maximum atomic E-state index is 5.41. The lowest BCUT2D eigenvalue weighted by Gasteiger charge is -2.46. The number of hydrogen-bond donors (Lipinski definition) is 1. The SMILES string of the molecule is COC1CC(NC2CC2)(c2nc(C)cs2)C1. The monoisotopic (exact) mass is 238 g/mol. The Kier molecular flexibility index (Phi) is 2.53. The highest BCUT2D eigenvalue weighted by Gasteiger charge is 2.50. The number of thiazole rings is 1. The molecule has 3 nitrogen and oxygen atoms in total. The van der Waals surface area contributed by atoms with Crippen LogP contribution >= 0.6 is 11.3 Å². The van der Waals surface area contributed by atoms with E-state index in [1.54, 1.807) is 18.4 Å². The number of aromatic nitrogens is 1. The summed E-state index contributed by atoms with van der Waals surface area (Å²) in [7, 11) is 1.80. The summed E-state index contributed by atoms with van der Waals surface area (Å²) in [6, 6.07) is 0.724. The van der Waals surface area contributed by atoms with E-state index < -0.39 is 0 Å². The van der Waals surface area contributed by atoms with Crippen LogP contribution in [-0.4, -0.2) is 24.2 Å². The molecular weight excluding hydrogens is 220 g/mol. The third kappa shape index (κ3) is 1.79. The first-order chi connectivity index (χ1) is 7.72. The lowest BCUT2D eigenvalue weighted by Crippen LogP contribution is -2.56. The smallest absolute Gasteiger partial charge is 0.113 e. The van der Waals surface area contributed by atoms with Gasteiger partial charge in [-0.25, -0.2) is 4.98 Å². The molecule has 2 saturated carbocycles. The standard InChI is InChI=1S/C12H18N2OS/c1-8-7-16-11(13-8)12(14-9-3-4-9)5-10(6-12)15-2/h7,9-10,14H,3-6H2,1-2H3. The summed E-state index contributed by atoms with van der Waals surface area (Å²) < 4.78 is 5.41. The first-order valence-corrected chi connectivity index (χ1v) is 6.83. The number of ether oxygens (including phenoxy) is 1. The number of hydrogen-bond acceptors (Lipinski definition) is 4. The third-order valence-corrected chi connectivity index (χ3v) is 4.74. The Labute approximate surface area is 100 Å². The maximum absolute atomic E-state index is 5.41. The normalized spacial score (nSPS) is 33.8. The van der Waals surface area contributed by atoms with Gasteiger partial charge in [0.05, 0.1) is 11.6 Å². The molecule has 0 radical (unpaired) electrons. The predicted molar refractivity (Wildman–Crippen MR) is 64.7 cm³/mol. The van der Waals surface area contributed by atoms with Crippen LogP contribution in [0.3, 0.4) is 0 Å². The average Bonchev–Trinajstić information content (AvgIpc) is 2.92. The number of nitrogens with one attached hydrogen (secondary N) is 1. The first-order valence-electron chi connectivity index (χ1n) is 5.95. The van der Waals surface area contributed by atoms with Crippen LogP contribution in [0.15, 0.2) is 5.38 Å². The number of aryl methyl sites for hydroxylation is 1. The molecule has 0 aliphatic heterocycles. The topological polar surface area (TPSA) is 34.1 Å². The lowest BCUT2D eigenvalue weighted by molar-refractivity contribution is -0.0341. The highest BCUT2D eigenvalue weighted by Crippen LogP contribution is 2.46. The van der Waals surface area contributed by atoms with Crippen LogP contribution in [0, 0.1) is 6.92 Å². The van der Waals surface area contributed by atoms with E-state index in [1.807, 2.05) is 0 Å². The molecule has 1 heterocycles. The summed E-state index contributed by atoms with van der Waals surface area (Å²) in [5, 5.41) is 7.17. The number of methoxy groups -OCH3 is 1. The van der Waals surface area contributed by atoms with Crippen molar-refractivity contribution >= 4 is 11.3 Å². The fraction of sp³-hybridized carbons (Fsp3) is 0.750. The van der Waals surface area contributed by atoms with Crippen molar-refractivity contribution in [2.45, 2.75) is 50.3 Å². The van der Waals surface area contributed by atoms with Gasteiger partial charge in [-0.3, -0.25) is 0 Å². The second kappa shape index (κ2) is 3.79. The molecule has 0 aromatic carbocycles. The zero-order valence-corrected chi connectivity index (χ0v) is 10.6. The highest BCUT2D eigenvalue weighted by atomic mass is 32.1. The molecule has 1 aromatic heterocycles. The molecule has 1 aromatic rings. The number of nitrogens with zero attached hydrogens (tertiary/aromatic N) is 1. The van der Waals surface area contributed by atoms with E-state index >= 15 is 0 Å². The van der Waals surface area contributed by atoms with Crippen molar-refractivity contribution in [1.29, 1.82) is 0 Å². The summed E-state index contributed by atoms with van der Waals surface area (Å²) in [6.07, 6.45) is 5.21. The van der Waals surface area contributed by atoms with Crippen LogP contribution < -0.4 is 5.32 Å². The average molecular weight is 238 g/mol. The van der Waals surface area contributed by atoms with Gasteiger partial charge in [0.1, 0.15) is 5.01 Å². The van der Waals surface area contributed by atoms with E-state index in [2.05, 4.69) is 22.6 Å². The molecule has 88 valence electrons. The van der Waals surface area contributed by atoms with Gasteiger partial charge in [0.2, 0.25) is 0 Å². The summed E-state index contributed by atoms with van der Waals surface area (Å²) >= 11 is 1.79. The molecule has 0 atom stereocenters. The molecule has 2 fully saturated rings. The van der Waals surface area contributed by atoms with E-state index in [0.717, 1.165) is 24.6 Å². The number of rotatable bonds is 4. The third-order valence-electron chi connectivity index (χ3n) is 3.57. The Balaban J connectivity index is 1.79. The van der Waals surface area contributed by atoms with Crippen molar-refractivity contribution in [3.63, 3.8) is 0 Å². The summed E-state index contributed by atoms with van der Waals surface area (Å²) in [6.45, 7) is 2.07. The maximum Gasteiger partial charge on any atom is 0.113 e. The van der Waals surface area contributed by atoms with Gasteiger partial charge in [-0.15, -0.1) is 11.3 Å². The van der Waals surface area contributed by atoms with Crippen molar-refractivity contribution in [2.75, 3.05) is 7.11 Å². The van der Waals surface area contributed by atoms with Crippen molar-refractivity contribution in [3.8, 4) is 0 Å². The molecule has 0 saturated heterocycles. The molecule has 0 spiro atoms. The van der Waals surface area contributed by atoms with Gasteiger partial charge in [0.15, 0.2) is 0 Å². The van der Waals surface area contributed by atoms with E-state index in [1.165, 1.54) is 17.8 Å². The zero-order valence-electron chi connectivity index (χ0n) is 9.82. The summed E-state index contributed by atoms with van der Waals surface area (Å²) in [4.78, 5) is 4.65. The fourth-order valence-corrected chi connectivity index (χ4v) is 3.41. The summed E-state index contributed by atoms with van der Waals surface area (Å²) in [5.41, 5.74) is 1.26. The van der Waals surface area contributed by atoms with Crippen LogP contribution in [0.1, 0.15) is 36.4 Å². The quantitative estimate of drug-likeness (QED) is 0.873. The van der Waals surface area contributed by atoms with Crippen molar-refractivity contribution in [2.24, 2.45) is 0 Å². The van der Waals surface area contributed by atoms with Gasteiger partial charge in [-0.05, 0) is 32.6 Å². The van der Waals surface area contributed by atoms with Crippen molar-refractivity contribution in [3.05, 3.63) is 16.1 Å². The summed E-state index contributed by atoms with van der Waals surface area (Å²) in [5.74, 6) is 0. The van der Waals surface area contributed by atoms with E-state index in [-0.39, 0.29) is 5.54 Å². The fourth-order valence-electron chi connectivity index (χ4n) is 2.43. The Morgan fingerprint density at radius 3 is 2.75 bits per heavy atom. The van der Waals surface area contributed by atoms with Gasteiger partial charge in [-0.1, -0.05) is 0 Å². The predicted octanol–water partition coefficient (Wildman–Crippen LogP) is 2.21. The molecule has 0 unspecified atom stereocenters. The largest absolute Gasteiger partial charge is 0.381 e. The molecular formula is C12H18N2OS. The van der Waals surface area contributed by atoms with Gasteiger partial charge in [-0.2, -0.15) is 0 Å². The minimum atomic E-state index is 0.126. The highest BCUT2D eigenvalue weighted by molar-refractivity contribution is 7.09. The molecule has 0 bridgehead atoms. The Morgan fingerprint density at radius 1 is 1.50 bits per heavy atom. The minimum absolute atomic E-state index is 0.126. The first kappa shape index (κ1) is 10.7. The van der Waals surface area contributed by atoms with E-state index in [0.29, 0.717) is 6.10 Å². The minimum Gasteiger partial charge on any atom is -0.381 e. The second-order valence-corrected chi connectivity index (χ2v) is 5.92. The van der Waals surface area contributed by atoms with Crippen LogP contribution in [0.25, 0.3) is 0 Å². The molecule has 2 aliphatic rings. The molecule has 1 N–H and O–H groups in total. The van der Waals surface area contributed by atoms with Gasteiger partial charge in [0.25, 0.3) is 0 Å². The van der Waals surface area contributed by atoms with Crippen LogP contribution in [-0.2, 0) is 10.3 Å².